The molecule has 2 bridgehead atoms. The highest BCUT2D eigenvalue weighted by Crippen LogP contribution is 2.42. The monoisotopic (exact) mass is 513 g/mol. The molecule has 5 nitrogen and oxygen atoms in total. The number of aliphatic hydroxyl groups is 1. The quantitative estimate of drug-likeness (QED) is 0.433. The van der Waals surface area contributed by atoms with E-state index in [1.165, 1.54) is 59.0 Å². The van der Waals surface area contributed by atoms with Crippen molar-refractivity contribution in [1.29, 1.82) is 0 Å². The molecule has 38 heavy (non-hydrogen) atoms. The Morgan fingerprint density at radius 3 is 2.21 bits per heavy atom. The largest absolute Gasteiger partial charge is 0.393 e. The Bertz CT molecular complexity index is 1310. The second-order valence-corrected chi connectivity index (χ2v) is 12.7. The van der Waals surface area contributed by atoms with Gasteiger partial charge in [0.1, 0.15) is 0 Å². The minimum Gasteiger partial charge on any atom is -0.393 e. The number of likely N-dealkylation sites (tertiary alicyclic amines) is 1. The molecule has 3 aliphatic heterocycles. The molecule has 3 fully saturated rings. The van der Waals surface area contributed by atoms with Crippen LogP contribution in [0.25, 0.3) is 22.2 Å². The maximum atomic E-state index is 13.9. The highest BCUT2D eigenvalue weighted by molar-refractivity contribution is 5.94. The number of aryl methyl sites for hydroxylation is 2. The van der Waals surface area contributed by atoms with Gasteiger partial charge in [0.25, 0.3) is 0 Å². The number of amides is 1. The summed E-state index contributed by atoms with van der Waals surface area (Å²) < 4.78 is 0. The standard InChI is InChI=1S/C33H43N3O2/c1-21-17-22(2)19-23(18-21)31-28(13-16-35-14-11-27(37)12-15-35)29-20-24(5-10-30(29)34-31)33(3,4)32(38)36-25-6-7-26(36)9-8-25/h5,10,17-20,25-27,34,37H,6-9,11-16H2,1-4H3. The minimum absolute atomic E-state index is 0.154. The first-order valence-corrected chi connectivity index (χ1v) is 14.7. The van der Waals surface area contributed by atoms with Gasteiger partial charge in [0.2, 0.25) is 5.91 Å². The van der Waals surface area contributed by atoms with Gasteiger partial charge >= 0.3 is 0 Å². The van der Waals surface area contributed by atoms with E-state index >= 15 is 0 Å². The highest BCUT2D eigenvalue weighted by Gasteiger charge is 2.47. The SMILES string of the molecule is Cc1cc(C)cc(-c2[nH]c3ccc(C(C)(C)C(=O)N4C5CCC4CC5)cc3c2CCN2CCC(O)CC2)c1. The second kappa shape index (κ2) is 9.84. The van der Waals surface area contributed by atoms with Gasteiger partial charge in [-0.1, -0.05) is 23.3 Å². The lowest BCUT2D eigenvalue weighted by Crippen LogP contribution is -2.45. The third kappa shape index (κ3) is 4.58. The lowest BCUT2D eigenvalue weighted by molar-refractivity contribution is -0.137. The Hall–Kier alpha value is -2.63. The van der Waals surface area contributed by atoms with Gasteiger partial charge in [-0.2, -0.15) is 0 Å². The summed E-state index contributed by atoms with van der Waals surface area (Å²) in [6, 6.07) is 14.3. The van der Waals surface area contributed by atoms with Crippen LogP contribution in [0.5, 0.6) is 0 Å². The van der Waals surface area contributed by atoms with E-state index in [2.05, 4.69) is 78.9 Å². The molecule has 3 aliphatic rings. The van der Waals surface area contributed by atoms with E-state index in [1.807, 2.05) is 0 Å². The van der Waals surface area contributed by atoms with Crippen LogP contribution in [-0.4, -0.2) is 63.6 Å². The number of hydrogen-bond donors (Lipinski definition) is 2. The van der Waals surface area contributed by atoms with E-state index in [-0.39, 0.29) is 6.10 Å². The number of nitrogens with one attached hydrogen (secondary N) is 1. The molecule has 0 radical (unpaired) electrons. The number of aromatic amines is 1. The summed E-state index contributed by atoms with van der Waals surface area (Å²) >= 11 is 0. The number of piperidine rings is 1. The number of aromatic nitrogens is 1. The zero-order chi connectivity index (χ0) is 26.6. The smallest absolute Gasteiger partial charge is 0.233 e. The first kappa shape index (κ1) is 25.6. The van der Waals surface area contributed by atoms with Crippen LogP contribution >= 0.6 is 0 Å². The Morgan fingerprint density at radius 2 is 1.58 bits per heavy atom. The fourth-order valence-electron chi connectivity index (χ4n) is 7.36. The summed E-state index contributed by atoms with van der Waals surface area (Å²) in [4.78, 5) is 22.4. The van der Waals surface area contributed by atoms with Crippen molar-refractivity contribution in [2.45, 2.75) is 96.2 Å². The highest BCUT2D eigenvalue weighted by atomic mass is 16.3. The van der Waals surface area contributed by atoms with Gasteiger partial charge in [-0.15, -0.1) is 0 Å². The van der Waals surface area contributed by atoms with Gasteiger partial charge in [0.05, 0.1) is 11.5 Å². The van der Waals surface area contributed by atoms with Crippen molar-refractivity contribution in [2.75, 3.05) is 19.6 Å². The van der Waals surface area contributed by atoms with Crippen molar-refractivity contribution in [3.63, 3.8) is 0 Å². The Kier molecular flexibility index (Phi) is 6.64. The topological polar surface area (TPSA) is 59.6 Å². The van der Waals surface area contributed by atoms with Gasteiger partial charge in [0.15, 0.2) is 0 Å². The summed E-state index contributed by atoms with van der Waals surface area (Å²) in [6.07, 6.45) is 7.17. The molecular weight excluding hydrogens is 470 g/mol. The Labute approximate surface area is 227 Å². The number of aliphatic hydroxyl groups excluding tert-OH is 1. The molecule has 0 atom stereocenters. The van der Waals surface area contributed by atoms with E-state index in [4.69, 9.17) is 0 Å². The van der Waals surface area contributed by atoms with Gasteiger partial charge in [0, 0.05) is 48.3 Å². The molecule has 6 rings (SSSR count). The average Bonchev–Trinajstić information content (AvgIpc) is 3.59. The van der Waals surface area contributed by atoms with E-state index in [0.717, 1.165) is 50.0 Å². The van der Waals surface area contributed by atoms with Crippen LogP contribution in [0.2, 0.25) is 0 Å². The first-order valence-electron chi connectivity index (χ1n) is 14.7. The lowest BCUT2D eigenvalue weighted by Gasteiger charge is -2.33. The molecule has 0 aliphatic carbocycles. The normalized spacial score (nSPS) is 22.6. The molecule has 202 valence electrons. The fraction of sp³-hybridized carbons (Fsp3) is 0.545. The summed E-state index contributed by atoms with van der Waals surface area (Å²) in [6.45, 7) is 11.4. The number of H-pyrrole nitrogens is 1. The van der Waals surface area contributed by atoms with Gasteiger partial charge in [-0.05, 0) is 114 Å². The number of carbonyl (C=O) groups is 1. The molecule has 1 amide bonds. The van der Waals surface area contributed by atoms with E-state index in [1.54, 1.807) is 0 Å². The number of carbonyl (C=O) groups excluding carboxylic acids is 1. The molecular formula is C33H43N3O2. The van der Waals surface area contributed by atoms with E-state index in [9.17, 15) is 9.90 Å². The average molecular weight is 514 g/mol. The van der Waals surface area contributed by atoms with Crippen LogP contribution in [0.4, 0.5) is 0 Å². The third-order valence-electron chi connectivity index (χ3n) is 9.60. The second-order valence-electron chi connectivity index (χ2n) is 12.7. The van der Waals surface area contributed by atoms with Crippen LogP contribution in [0, 0.1) is 13.8 Å². The number of nitrogens with zero attached hydrogens (tertiary/aromatic N) is 2. The molecule has 0 unspecified atom stereocenters. The predicted octanol–water partition coefficient (Wildman–Crippen LogP) is 5.88. The summed E-state index contributed by atoms with van der Waals surface area (Å²) in [5.74, 6) is 0.292. The van der Waals surface area contributed by atoms with E-state index in [0.29, 0.717) is 18.0 Å². The van der Waals surface area contributed by atoms with E-state index < -0.39 is 5.41 Å². The summed E-state index contributed by atoms with van der Waals surface area (Å²) in [7, 11) is 0. The first-order chi connectivity index (χ1) is 18.2. The van der Waals surface area contributed by atoms with Gasteiger partial charge in [-0.3, -0.25) is 4.79 Å². The molecule has 3 aromatic rings. The Morgan fingerprint density at radius 1 is 0.947 bits per heavy atom. The van der Waals surface area contributed by atoms with Crippen LogP contribution in [0.3, 0.4) is 0 Å². The number of rotatable bonds is 6. The van der Waals surface area contributed by atoms with Crippen molar-refractivity contribution in [3.8, 4) is 11.3 Å². The predicted molar refractivity (Wildman–Crippen MR) is 155 cm³/mol. The zero-order valence-corrected chi connectivity index (χ0v) is 23.5. The minimum atomic E-state index is -0.559. The van der Waals surface area contributed by atoms with Crippen LogP contribution < -0.4 is 0 Å². The Balaban J connectivity index is 1.38. The molecule has 0 spiro atoms. The molecule has 2 N–H and O–H groups in total. The molecule has 3 saturated heterocycles. The van der Waals surface area contributed by atoms with Crippen LogP contribution in [-0.2, 0) is 16.6 Å². The number of benzene rings is 2. The molecule has 1 aromatic heterocycles. The molecule has 2 aromatic carbocycles. The zero-order valence-electron chi connectivity index (χ0n) is 23.5. The van der Waals surface area contributed by atoms with Crippen molar-refractivity contribution in [3.05, 3.63) is 58.7 Å². The summed E-state index contributed by atoms with van der Waals surface area (Å²) in [5, 5.41) is 11.2. The third-order valence-corrected chi connectivity index (χ3v) is 9.60. The number of fused-ring (bicyclic) bond motifs is 3. The van der Waals surface area contributed by atoms with Crippen LogP contribution in [0.1, 0.15) is 74.6 Å². The molecule has 4 heterocycles. The van der Waals surface area contributed by atoms with Gasteiger partial charge < -0.3 is 19.9 Å². The van der Waals surface area contributed by atoms with Crippen molar-refractivity contribution in [2.24, 2.45) is 0 Å². The fourth-order valence-corrected chi connectivity index (χ4v) is 7.36. The van der Waals surface area contributed by atoms with Gasteiger partial charge in [-0.25, -0.2) is 0 Å². The maximum absolute atomic E-state index is 13.9. The molecule has 0 saturated carbocycles. The summed E-state index contributed by atoms with van der Waals surface area (Å²) in [5.41, 5.74) is 7.98. The maximum Gasteiger partial charge on any atom is 0.233 e. The van der Waals surface area contributed by atoms with Crippen molar-refractivity contribution < 1.29 is 9.90 Å². The molecule has 5 heteroatoms. The lowest BCUT2D eigenvalue weighted by atomic mass is 9.82. The van der Waals surface area contributed by atoms with Crippen molar-refractivity contribution >= 4 is 16.8 Å². The van der Waals surface area contributed by atoms with Crippen LogP contribution in [0.15, 0.2) is 36.4 Å². The van der Waals surface area contributed by atoms with Crippen molar-refractivity contribution in [1.82, 2.24) is 14.8 Å². The number of hydrogen-bond acceptors (Lipinski definition) is 3.